The van der Waals surface area contributed by atoms with Crippen LogP contribution in [0.2, 0.25) is 0 Å². The first-order valence-electron chi connectivity index (χ1n) is 34.4. The van der Waals surface area contributed by atoms with Gasteiger partial charge in [0, 0.05) is 115 Å². The minimum absolute atomic E-state index is 0.964. The van der Waals surface area contributed by atoms with Crippen molar-refractivity contribution in [1.82, 2.24) is 39.9 Å². The smallest absolute Gasteiger partial charge is 0.0717 e. The Bertz CT molecular complexity index is 1640. The monoisotopic (exact) mass is 1220 g/mol. The van der Waals surface area contributed by atoms with Crippen molar-refractivity contribution in [3.8, 4) is 44.6 Å². The standard InChI is InChI=1S/4C10H8N2.8C3H8.8C2H6/c1-5-11-6-2-9(1)10-3-7-12-8-4-10;1-3-9(7-11-5-1)10-4-2-6-12-8-10;1-2-10(8-12-5-1)9-3-6-11-7-4-9;1-2-7-12-10(5-1)9-4-3-6-11-8-9;8*1-3-2;8*1-2/h4*1-8H;8*3H2,1-2H3;8*1-2H3. The van der Waals surface area contributed by atoms with E-state index in [1.165, 1.54) is 62.5 Å². The summed E-state index contributed by atoms with van der Waals surface area (Å²) in [6.45, 7) is 66.0. The molecule has 0 fully saturated rings. The zero-order chi connectivity index (χ0) is 70.6. The Hall–Kier alpha value is -6.80. The van der Waals surface area contributed by atoms with Crippen molar-refractivity contribution in [3.63, 3.8) is 0 Å². The maximum atomic E-state index is 4.21. The molecule has 0 aliphatic rings. The van der Waals surface area contributed by atoms with Crippen LogP contribution in [-0.2, 0) is 0 Å². The van der Waals surface area contributed by atoms with Gasteiger partial charge in [0.1, 0.15) is 0 Å². The van der Waals surface area contributed by atoms with E-state index in [1.807, 2.05) is 239 Å². The second kappa shape index (κ2) is 118. The molecule has 0 aliphatic carbocycles. The van der Waals surface area contributed by atoms with Crippen molar-refractivity contribution >= 4 is 0 Å². The van der Waals surface area contributed by atoms with Gasteiger partial charge in [0.05, 0.1) is 5.69 Å². The molecule has 8 heteroatoms. The minimum atomic E-state index is 0.964. The molecule has 8 heterocycles. The fourth-order valence-corrected chi connectivity index (χ4v) is 4.28. The van der Waals surface area contributed by atoms with Gasteiger partial charge in [0.15, 0.2) is 0 Å². The lowest BCUT2D eigenvalue weighted by Gasteiger charge is -1.97. The summed E-state index contributed by atoms with van der Waals surface area (Å²) in [4.78, 5) is 32.2. The van der Waals surface area contributed by atoms with Gasteiger partial charge < -0.3 is 0 Å². The van der Waals surface area contributed by atoms with Crippen molar-refractivity contribution in [2.75, 3.05) is 0 Å². The molecule has 8 aromatic rings. The summed E-state index contributed by atoms with van der Waals surface area (Å²) in [5.41, 5.74) is 8.85. The highest BCUT2D eigenvalue weighted by Gasteiger charge is 1.96. The lowest BCUT2D eigenvalue weighted by Crippen LogP contribution is -1.81. The summed E-state index contributed by atoms with van der Waals surface area (Å²) >= 11 is 0. The highest BCUT2D eigenvalue weighted by molar-refractivity contribution is 5.62. The number of hydrogen-bond donors (Lipinski definition) is 0. The lowest BCUT2D eigenvalue weighted by atomic mass is 10.1. The summed E-state index contributed by atoms with van der Waals surface area (Å²) in [5.74, 6) is 0. The largest absolute Gasteiger partial charge is 0.265 e. The second-order valence-corrected chi connectivity index (χ2v) is 15.5. The third-order valence-corrected chi connectivity index (χ3v) is 6.65. The molecule has 0 bridgehead atoms. The van der Waals surface area contributed by atoms with Crippen LogP contribution in [0, 0.1) is 0 Å². The third kappa shape index (κ3) is 90.4. The molecule has 8 aromatic heterocycles. The Kier molecular flexibility index (Phi) is 147. The molecule has 0 spiro atoms. The number of nitrogens with zero attached hydrogens (tertiary/aromatic N) is 8. The van der Waals surface area contributed by atoms with E-state index in [2.05, 4.69) is 151 Å². The van der Waals surface area contributed by atoms with Crippen LogP contribution in [0.3, 0.4) is 0 Å². The second-order valence-electron chi connectivity index (χ2n) is 15.5. The van der Waals surface area contributed by atoms with E-state index in [0.29, 0.717) is 0 Å². The van der Waals surface area contributed by atoms with Crippen LogP contribution >= 0.6 is 0 Å². The van der Waals surface area contributed by atoms with Gasteiger partial charge >= 0.3 is 0 Å². The van der Waals surface area contributed by atoms with Crippen LogP contribution < -0.4 is 0 Å². The van der Waals surface area contributed by atoms with Gasteiger partial charge in [0.2, 0.25) is 0 Å². The lowest BCUT2D eigenvalue weighted by molar-refractivity contribution is 1.09. The minimum Gasteiger partial charge on any atom is -0.265 e. The first kappa shape index (κ1) is 109. The number of aromatic nitrogens is 8. The van der Waals surface area contributed by atoms with Gasteiger partial charge in [-0.3, -0.25) is 39.9 Å². The van der Waals surface area contributed by atoms with Crippen molar-refractivity contribution in [3.05, 3.63) is 196 Å². The van der Waals surface area contributed by atoms with Crippen LogP contribution in [0.5, 0.6) is 0 Å². The van der Waals surface area contributed by atoms with Crippen LogP contribution in [0.4, 0.5) is 0 Å². The SMILES string of the molecule is CC.CC.CC.CC.CC.CC.CC.CC.CCC.CCC.CCC.CCC.CCC.CCC.CCC.CCC.c1cc(-c2ccncc2)ccn1.c1ccc(-c2cccnc2)nc1.c1cncc(-c2cccnc2)c1.c1cncc(-c2ccncc2)c1. The van der Waals surface area contributed by atoms with E-state index < -0.39 is 0 Å². The highest BCUT2D eigenvalue weighted by Crippen LogP contribution is 2.17. The number of rotatable bonds is 4. The normalized spacial score (nSPS) is 7.45. The molecule has 0 unspecified atom stereocenters. The van der Waals surface area contributed by atoms with Crippen molar-refractivity contribution < 1.29 is 0 Å². The maximum absolute atomic E-state index is 4.21. The first-order chi connectivity index (χ1) is 43.2. The molecule has 88 heavy (non-hydrogen) atoms. The zero-order valence-electron chi connectivity index (χ0n) is 63.7. The summed E-state index contributed by atoms with van der Waals surface area (Å²) in [5, 5.41) is 0. The predicted octanol–water partition coefficient (Wildman–Crippen LogP) is 28.1. The molecule has 0 atom stereocenters. The molecule has 504 valence electrons. The topological polar surface area (TPSA) is 103 Å². The average molecular weight is 1220 g/mol. The number of pyridine rings is 8. The van der Waals surface area contributed by atoms with Crippen LogP contribution in [0.25, 0.3) is 44.6 Å². The molecule has 0 N–H and O–H groups in total. The van der Waals surface area contributed by atoms with E-state index in [9.17, 15) is 0 Å². The van der Waals surface area contributed by atoms with Gasteiger partial charge in [-0.25, -0.2) is 0 Å². The van der Waals surface area contributed by atoms with Gasteiger partial charge in [-0.15, -0.1) is 0 Å². The van der Waals surface area contributed by atoms with Crippen LogP contribution in [-0.4, -0.2) is 39.9 Å². The van der Waals surface area contributed by atoms with Gasteiger partial charge in [-0.1, -0.05) is 297 Å². The summed E-state index contributed by atoms with van der Waals surface area (Å²) < 4.78 is 0. The van der Waals surface area contributed by atoms with Crippen molar-refractivity contribution in [2.24, 2.45) is 0 Å². The average Bonchev–Trinajstić information content (AvgIpc) is 3.71. The molecule has 0 aliphatic heterocycles. The summed E-state index contributed by atoms with van der Waals surface area (Å²) in [6.07, 6.45) is 36.9. The first-order valence-corrected chi connectivity index (χ1v) is 34.4. The van der Waals surface area contributed by atoms with E-state index in [1.54, 1.807) is 68.2 Å². The van der Waals surface area contributed by atoms with Crippen LogP contribution in [0.1, 0.15) is 273 Å². The maximum Gasteiger partial charge on any atom is 0.0717 e. The highest BCUT2D eigenvalue weighted by atomic mass is 14.7. The molecular weight excluding hydrogens is 1070 g/mol. The fraction of sp³-hybridized carbons (Fsp3) is 0.500. The van der Waals surface area contributed by atoms with E-state index >= 15 is 0 Å². The third-order valence-electron chi connectivity index (χ3n) is 6.65. The quantitative estimate of drug-likeness (QED) is 0.172. The van der Waals surface area contributed by atoms with E-state index in [-0.39, 0.29) is 0 Å². The van der Waals surface area contributed by atoms with Crippen LogP contribution in [0.15, 0.2) is 196 Å². The molecule has 0 amide bonds. The Morgan fingerprint density at radius 3 is 0.557 bits per heavy atom. The van der Waals surface area contributed by atoms with Crippen molar-refractivity contribution in [2.45, 2.75) is 273 Å². The molecule has 8 rings (SSSR count). The molecule has 0 aromatic carbocycles. The van der Waals surface area contributed by atoms with Gasteiger partial charge in [-0.2, -0.15) is 0 Å². The predicted molar refractivity (Wildman–Crippen MR) is 408 cm³/mol. The molecular formula is C80H144N8. The van der Waals surface area contributed by atoms with Gasteiger partial charge in [0.25, 0.3) is 0 Å². The Morgan fingerprint density at radius 1 is 0.182 bits per heavy atom. The molecule has 0 saturated heterocycles. The molecule has 0 radical (unpaired) electrons. The molecule has 8 nitrogen and oxygen atoms in total. The summed E-state index contributed by atoms with van der Waals surface area (Å²) in [6, 6.07) is 33.4. The molecule has 0 saturated carbocycles. The number of hydrogen-bond acceptors (Lipinski definition) is 8. The van der Waals surface area contributed by atoms with Crippen molar-refractivity contribution in [1.29, 1.82) is 0 Å². The van der Waals surface area contributed by atoms with Gasteiger partial charge in [-0.05, 0) is 95.6 Å². The van der Waals surface area contributed by atoms with E-state index in [0.717, 1.165) is 33.5 Å². The Morgan fingerprint density at radius 2 is 0.375 bits per heavy atom. The van der Waals surface area contributed by atoms with E-state index in [4.69, 9.17) is 0 Å². The summed E-state index contributed by atoms with van der Waals surface area (Å²) in [7, 11) is 0. The Balaban J connectivity index is -0.0000000734. The fourth-order valence-electron chi connectivity index (χ4n) is 4.28. The Labute approximate surface area is 550 Å². The zero-order valence-corrected chi connectivity index (χ0v) is 63.7.